The van der Waals surface area contributed by atoms with Crippen LogP contribution < -0.4 is 5.32 Å². The second-order valence-electron chi connectivity index (χ2n) is 4.73. The van der Waals surface area contributed by atoms with Crippen LogP contribution in [0.15, 0.2) is 54.6 Å². The predicted octanol–water partition coefficient (Wildman–Crippen LogP) is 2.86. The topological polar surface area (TPSA) is 55.4 Å². The number of carbonyl (C=O) groups excluding carboxylic acids is 2. The van der Waals surface area contributed by atoms with Crippen LogP contribution in [0.5, 0.6) is 0 Å². The van der Waals surface area contributed by atoms with Gasteiger partial charge in [-0.05, 0) is 29.8 Å². The van der Waals surface area contributed by atoms with Gasteiger partial charge in [0.15, 0.2) is 6.10 Å². The molecule has 2 atom stereocenters. The third-order valence-corrected chi connectivity index (χ3v) is 3.36. The summed E-state index contributed by atoms with van der Waals surface area (Å²) >= 11 is 0. The number of rotatable bonds is 3. The average Bonchev–Trinajstić information content (AvgIpc) is 2.90. The molecule has 1 aliphatic rings. The average molecular weight is 285 g/mol. The van der Waals surface area contributed by atoms with Gasteiger partial charge in [-0.2, -0.15) is 0 Å². The highest BCUT2D eigenvalue weighted by atomic mass is 19.1. The molecule has 1 fully saturated rings. The van der Waals surface area contributed by atoms with Gasteiger partial charge in [-0.3, -0.25) is 4.79 Å². The van der Waals surface area contributed by atoms with Crippen molar-refractivity contribution >= 4 is 11.9 Å². The molecule has 106 valence electrons. The summed E-state index contributed by atoms with van der Waals surface area (Å²) in [6.45, 7) is 0. The Kier molecular flexibility index (Phi) is 3.39. The highest BCUT2D eigenvalue weighted by Gasteiger charge is 2.40. The lowest BCUT2D eigenvalue weighted by Crippen LogP contribution is -2.29. The van der Waals surface area contributed by atoms with Crippen molar-refractivity contribution in [1.82, 2.24) is 5.32 Å². The Labute approximate surface area is 120 Å². The van der Waals surface area contributed by atoms with Gasteiger partial charge in [0.05, 0.1) is 0 Å². The Balaban J connectivity index is 1.90. The van der Waals surface area contributed by atoms with Crippen molar-refractivity contribution in [3.05, 3.63) is 71.5 Å². The molecule has 1 N–H and O–H groups in total. The fraction of sp³-hybridized carbons (Fsp3) is 0.125. The lowest BCUT2D eigenvalue weighted by Gasteiger charge is -2.16. The summed E-state index contributed by atoms with van der Waals surface area (Å²) in [5.74, 6) is -0.782. The quantitative estimate of drug-likeness (QED) is 0.882. The fourth-order valence-corrected chi connectivity index (χ4v) is 2.32. The lowest BCUT2D eigenvalue weighted by molar-refractivity contribution is 0.0721. The molecule has 0 saturated carbocycles. The highest BCUT2D eigenvalue weighted by Crippen LogP contribution is 2.27. The third-order valence-electron chi connectivity index (χ3n) is 3.36. The number of halogens is 1. The van der Waals surface area contributed by atoms with E-state index in [1.165, 1.54) is 24.3 Å². The van der Waals surface area contributed by atoms with Gasteiger partial charge in [0.1, 0.15) is 11.9 Å². The first-order valence-electron chi connectivity index (χ1n) is 6.47. The first kappa shape index (κ1) is 13.3. The lowest BCUT2D eigenvalue weighted by atomic mass is 9.96. The van der Waals surface area contributed by atoms with Crippen LogP contribution in [0.25, 0.3) is 0 Å². The van der Waals surface area contributed by atoms with E-state index in [9.17, 15) is 14.0 Å². The van der Waals surface area contributed by atoms with E-state index in [1.807, 2.05) is 30.3 Å². The van der Waals surface area contributed by atoms with E-state index in [0.717, 1.165) is 5.56 Å². The maximum absolute atomic E-state index is 12.9. The van der Waals surface area contributed by atoms with E-state index in [1.54, 1.807) is 0 Å². The van der Waals surface area contributed by atoms with Crippen molar-refractivity contribution in [2.24, 2.45) is 0 Å². The molecule has 1 amide bonds. The molecule has 0 aromatic heterocycles. The Morgan fingerprint density at radius 2 is 1.71 bits per heavy atom. The molecule has 2 aromatic rings. The zero-order valence-corrected chi connectivity index (χ0v) is 11.0. The molecule has 0 radical (unpaired) electrons. The molecule has 5 heteroatoms. The largest absolute Gasteiger partial charge is 0.435 e. The van der Waals surface area contributed by atoms with Gasteiger partial charge in [0.25, 0.3) is 0 Å². The van der Waals surface area contributed by atoms with E-state index in [0.29, 0.717) is 5.56 Å². The van der Waals surface area contributed by atoms with Crippen LogP contribution in [0.4, 0.5) is 9.18 Å². The van der Waals surface area contributed by atoms with Crippen molar-refractivity contribution in [2.45, 2.75) is 12.1 Å². The van der Waals surface area contributed by atoms with E-state index in [-0.39, 0.29) is 5.78 Å². The van der Waals surface area contributed by atoms with E-state index in [4.69, 9.17) is 4.74 Å². The van der Waals surface area contributed by atoms with Crippen LogP contribution >= 0.6 is 0 Å². The molecule has 0 spiro atoms. The number of hydrogen-bond acceptors (Lipinski definition) is 3. The van der Waals surface area contributed by atoms with Gasteiger partial charge in [-0.1, -0.05) is 30.3 Å². The van der Waals surface area contributed by atoms with Gasteiger partial charge in [-0.15, -0.1) is 0 Å². The monoisotopic (exact) mass is 285 g/mol. The Hall–Kier alpha value is -2.69. The van der Waals surface area contributed by atoms with Crippen LogP contribution in [-0.2, 0) is 4.74 Å². The fourth-order valence-electron chi connectivity index (χ4n) is 2.32. The summed E-state index contributed by atoms with van der Waals surface area (Å²) in [7, 11) is 0. The molecule has 1 heterocycles. The Bertz CT molecular complexity index is 670. The van der Waals surface area contributed by atoms with Gasteiger partial charge in [-0.25, -0.2) is 9.18 Å². The molecule has 2 aromatic carbocycles. The van der Waals surface area contributed by atoms with E-state index < -0.39 is 24.1 Å². The number of carbonyl (C=O) groups is 2. The summed E-state index contributed by atoms with van der Waals surface area (Å²) in [4.78, 5) is 23.9. The minimum absolute atomic E-state index is 0.304. The normalized spacial score (nSPS) is 20.7. The van der Waals surface area contributed by atoms with Crippen LogP contribution in [-0.4, -0.2) is 18.0 Å². The number of benzene rings is 2. The van der Waals surface area contributed by atoms with Gasteiger partial charge < -0.3 is 10.1 Å². The van der Waals surface area contributed by atoms with Crippen molar-refractivity contribution in [3.8, 4) is 0 Å². The zero-order valence-electron chi connectivity index (χ0n) is 11.0. The molecular weight excluding hydrogens is 273 g/mol. The van der Waals surface area contributed by atoms with E-state index >= 15 is 0 Å². The maximum atomic E-state index is 12.9. The zero-order chi connectivity index (χ0) is 14.8. The first-order chi connectivity index (χ1) is 10.1. The van der Waals surface area contributed by atoms with Crippen molar-refractivity contribution in [1.29, 1.82) is 0 Å². The molecule has 1 saturated heterocycles. The smallest absolute Gasteiger partial charge is 0.408 e. The number of ketones is 1. The number of alkyl carbamates (subject to hydrolysis) is 1. The summed E-state index contributed by atoms with van der Waals surface area (Å²) < 4.78 is 18.0. The minimum atomic E-state index is -0.953. The number of nitrogens with one attached hydrogen (secondary N) is 1. The molecule has 3 rings (SSSR count). The van der Waals surface area contributed by atoms with Crippen LogP contribution in [0.3, 0.4) is 0 Å². The van der Waals surface area contributed by atoms with Gasteiger partial charge in [0.2, 0.25) is 5.78 Å². The number of Topliss-reactive ketones (excluding diaryl/α,β-unsaturated/α-hetero) is 1. The summed E-state index contributed by atoms with van der Waals surface area (Å²) in [6.07, 6.45) is -1.59. The molecule has 1 aliphatic heterocycles. The number of amides is 1. The first-order valence-corrected chi connectivity index (χ1v) is 6.47. The minimum Gasteiger partial charge on any atom is -0.435 e. The van der Waals surface area contributed by atoms with E-state index in [2.05, 4.69) is 5.32 Å². The molecule has 0 aliphatic carbocycles. The second kappa shape index (κ2) is 5.36. The number of hydrogen-bond donors (Lipinski definition) is 1. The molecule has 0 bridgehead atoms. The molecule has 4 nitrogen and oxygen atoms in total. The van der Waals surface area contributed by atoms with Crippen molar-refractivity contribution < 1.29 is 18.7 Å². The number of ether oxygens (including phenoxy) is 1. The molecule has 21 heavy (non-hydrogen) atoms. The second-order valence-corrected chi connectivity index (χ2v) is 4.73. The summed E-state index contributed by atoms with van der Waals surface area (Å²) in [5, 5.41) is 2.63. The summed E-state index contributed by atoms with van der Waals surface area (Å²) in [6, 6.07) is 13.7. The highest BCUT2D eigenvalue weighted by molar-refractivity contribution is 6.02. The third kappa shape index (κ3) is 2.63. The van der Waals surface area contributed by atoms with Crippen LogP contribution in [0, 0.1) is 5.82 Å². The van der Waals surface area contributed by atoms with Gasteiger partial charge in [0, 0.05) is 5.56 Å². The summed E-state index contributed by atoms with van der Waals surface area (Å²) in [5.41, 5.74) is 1.09. The maximum Gasteiger partial charge on any atom is 0.408 e. The predicted molar refractivity (Wildman–Crippen MR) is 73.3 cm³/mol. The molecular formula is C16H12FNO3. The Morgan fingerprint density at radius 3 is 2.38 bits per heavy atom. The standard InChI is InChI=1S/C16H12FNO3/c17-12-8-6-11(7-9-12)14(19)15-13(18-16(20)21-15)10-4-2-1-3-5-10/h1-9,13,15H,(H,18,20)/t13-,15+/m0/s1. The van der Waals surface area contributed by atoms with Crippen LogP contribution in [0.2, 0.25) is 0 Å². The Morgan fingerprint density at radius 1 is 1.05 bits per heavy atom. The van der Waals surface area contributed by atoms with Gasteiger partial charge >= 0.3 is 6.09 Å². The van der Waals surface area contributed by atoms with Crippen LogP contribution in [0.1, 0.15) is 22.0 Å². The molecule has 0 unspecified atom stereocenters. The van der Waals surface area contributed by atoms with Crippen molar-refractivity contribution in [2.75, 3.05) is 0 Å². The van der Waals surface area contributed by atoms with Crippen molar-refractivity contribution in [3.63, 3.8) is 0 Å². The number of cyclic esters (lactones) is 1. The SMILES string of the molecule is O=C1N[C@@H](c2ccccc2)[C@H](C(=O)c2ccc(F)cc2)O1.